The Balaban J connectivity index is 2.24. The molecule has 0 bridgehead atoms. The van der Waals surface area contributed by atoms with E-state index in [2.05, 4.69) is 5.32 Å². The Morgan fingerprint density at radius 3 is 2.28 bits per heavy atom. The van der Waals surface area contributed by atoms with E-state index in [0.29, 0.717) is 0 Å². The minimum Gasteiger partial charge on any atom is -0.468 e. The predicted molar refractivity (Wildman–Crippen MR) is 101 cm³/mol. The van der Waals surface area contributed by atoms with Crippen LogP contribution in [0.3, 0.4) is 0 Å². The van der Waals surface area contributed by atoms with Crippen LogP contribution in [0.25, 0.3) is 0 Å². The quantitative estimate of drug-likeness (QED) is 0.695. The summed E-state index contributed by atoms with van der Waals surface area (Å²) in [6.45, 7) is 0. The van der Waals surface area contributed by atoms with Gasteiger partial charge in [-0.2, -0.15) is 0 Å². The van der Waals surface area contributed by atoms with Gasteiger partial charge in [0.05, 0.1) is 19.8 Å². The lowest BCUT2D eigenvalue weighted by Gasteiger charge is -2.32. The SMILES string of the molecule is COC(=O)C1=C(NC2CCCCC2)Oc2c(c(=O)n(C)c(=O)n2C)[C@@H]1C(=O)OC. The highest BCUT2D eigenvalue weighted by Gasteiger charge is 2.44. The Morgan fingerprint density at radius 2 is 1.69 bits per heavy atom. The van der Waals surface area contributed by atoms with Gasteiger partial charge < -0.3 is 19.5 Å². The van der Waals surface area contributed by atoms with Crippen molar-refractivity contribution in [2.75, 3.05) is 14.2 Å². The van der Waals surface area contributed by atoms with Crippen molar-refractivity contribution in [2.45, 2.75) is 44.1 Å². The maximum absolute atomic E-state index is 12.8. The third-order valence-electron chi connectivity index (χ3n) is 5.45. The molecule has 0 radical (unpaired) electrons. The van der Waals surface area contributed by atoms with Crippen LogP contribution in [-0.2, 0) is 33.2 Å². The minimum atomic E-state index is -1.38. The average Bonchev–Trinajstić information content (AvgIpc) is 2.74. The number of carbonyl (C=O) groups is 2. The minimum absolute atomic E-state index is 0.00917. The Morgan fingerprint density at radius 1 is 1.03 bits per heavy atom. The molecule has 2 heterocycles. The number of fused-ring (bicyclic) bond motifs is 1. The topological polar surface area (TPSA) is 118 Å². The Hall–Kier alpha value is -3.04. The fourth-order valence-corrected chi connectivity index (χ4v) is 3.86. The van der Waals surface area contributed by atoms with Crippen LogP contribution in [0.2, 0.25) is 0 Å². The molecule has 1 aromatic rings. The van der Waals surface area contributed by atoms with Gasteiger partial charge in [-0.15, -0.1) is 0 Å². The molecular formula is C19H25N3O7. The maximum Gasteiger partial charge on any atom is 0.340 e. The molecule has 158 valence electrons. The van der Waals surface area contributed by atoms with E-state index in [0.717, 1.165) is 48.3 Å². The second-order valence-corrected chi connectivity index (χ2v) is 7.20. The highest BCUT2D eigenvalue weighted by molar-refractivity contribution is 6.00. The molecule has 10 heteroatoms. The zero-order valence-corrected chi connectivity index (χ0v) is 16.9. The number of esters is 2. The van der Waals surface area contributed by atoms with Crippen LogP contribution in [0, 0.1) is 0 Å². The number of rotatable bonds is 4. The summed E-state index contributed by atoms with van der Waals surface area (Å²) < 4.78 is 17.6. The van der Waals surface area contributed by atoms with Crippen LogP contribution in [0.5, 0.6) is 5.88 Å². The predicted octanol–water partition coefficient (Wildman–Crippen LogP) is 0.0399. The van der Waals surface area contributed by atoms with Gasteiger partial charge in [0.25, 0.3) is 5.56 Å². The van der Waals surface area contributed by atoms with Gasteiger partial charge in [0.1, 0.15) is 11.5 Å². The Labute approximate surface area is 167 Å². The first-order chi connectivity index (χ1) is 13.8. The van der Waals surface area contributed by atoms with E-state index in [9.17, 15) is 19.2 Å². The van der Waals surface area contributed by atoms with Crippen molar-refractivity contribution in [3.63, 3.8) is 0 Å². The molecule has 2 aliphatic rings. The molecule has 1 aromatic heterocycles. The van der Waals surface area contributed by atoms with Gasteiger partial charge in [-0.1, -0.05) is 19.3 Å². The van der Waals surface area contributed by atoms with Gasteiger partial charge in [-0.25, -0.2) is 9.59 Å². The van der Waals surface area contributed by atoms with Gasteiger partial charge >= 0.3 is 17.6 Å². The van der Waals surface area contributed by atoms with Crippen LogP contribution in [0.1, 0.15) is 43.6 Å². The lowest BCUT2D eigenvalue weighted by Crippen LogP contribution is -2.46. The zero-order chi connectivity index (χ0) is 21.3. The molecule has 1 N–H and O–H groups in total. The summed E-state index contributed by atoms with van der Waals surface area (Å²) in [5.74, 6) is -3.11. The zero-order valence-electron chi connectivity index (χ0n) is 16.9. The van der Waals surface area contributed by atoms with Crippen LogP contribution in [0.15, 0.2) is 21.0 Å². The summed E-state index contributed by atoms with van der Waals surface area (Å²) in [5.41, 5.74) is -1.64. The highest BCUT2D eigenvalue weighted by Crippen LogP contribution is 2.37. The molecule has 10 nitrogen and oxygen atoms in total. The standard InChI is InChI=1S/C19H25N3O7/c1-21-15(23)13-11(17(24)27-3)12(18(25)28-4)14(20-10-8-6-5-7-9-10)29-16(13)22(2)19(21)26/h10-11,20H,5-9H2,1-4H3/t11-/m1/s1. The number of methoxy groups -OCH3 is 2. The van der Waals surface area contributed by atoms with E-state index in [-0.39, 0.29) is 28.9 Å². The number of nitrogens with zero attached hydrogens (tertiary/aromatic N) is 2. The summed E-state index contributed by atoms with van der Waals surface area (Å²) in [5, 5.41) is 3.18. The molecular weight excluding hydrogens is 382 g/mol. The highest BCUT2D eigenvalue weighted by atomic mass is 16.5. The van der Waals surface area contributed by atoms with E-state index < -0.39 is 29.1 Å². The van der Waals surface area contributed by atoms with Gasteiger partial charge in [-0.3, -0.25) is 18.7 Å². The Kier molecular flexibility index (Phi) is 5.81. The molecule has 1 saturated carbocycles. The van der Waals surface area contributed by atoms with Crippen molar-refractivity contribution in [3.05, 3.63) is 37.9 Å². The van der Waals surface area contributed by atoms with Crippen molar-refractivity contribution in [2.24, 2.45) is 14.1 Å². The van der Waals surface area contributed by atoms with E-state index in [1.165, 1.54) is 21.2 Å². The molecule has 0 aromatic carbocycles. The van der Waals surface area contributed by atoms with Gasteiger partial charge in [0.15, 0.2) is 0 Å². The largest absolute Gasteiger partial charge is 0.468 e. The molecule has 3 rings (SSSR count). The van der Waals surface area contributed by atoms with Gasteiger partial charge in [0, 0.05) is 20.1 Å². The number of aromatic nitrogens is 2. The summed E-state index contributed by atoms with van der Waals surface area (Å²) in [6.07, 6.45) is 4.91. The molecule has 1 aliphatic heterocycles. The monoisotopic (exact) mass is 407 g/mol. The number of ether oxygens (including phenoxy) is 3. The second-order valence-electron chi connectivity index (χ2n) is 7.20. The summed E-state index contributed by atoms with van der Waals surface area (Å²) >= 11 is 0. The van der Waals surface area contributed by atoms with E-state index >= 15 is 0 Å². The van der Waals surface area contributed by atoms with Crippen molar-refractivity contribution in [3.8, 4) is 5.88 Å². The van der Waals surface area contributed by atoms with Crippen LogP contribution < -0.4 is 21.3 Å². The molecule has 1 fully saturated rings. The van der Waals surface area contributed by atoms with Crippen molar-refractivity contribution >= 4 is 11.9 Å². The van der Waals surface area contributed by atoms with Crippen molar-refractivity contribution in [1.82, 2.24) is 14.5 Å². The first-order valence-electron chi connectivity index (χ1n) is 9.46. The van der Waals surface area contributed by atoms with E-state index in [1.807, 2.05) is 0 Å². The number of carbonyl (C=O) groups excluding carboxylic acids is 2. The first kappa shape index (κ1) is 20.7. The van der Waals surface area contributed by atoms with Gasteiger partial charge in [0.2, 0.25) is 11.8 Å². The van der Waals surface area contributed by atoms with Crippen molar-refractivity contribution < 1.29 is 23.8 Å². The molecule has 0 spiro atoms. The molecule has 0 amide bonds. The van der Waals surface area contributed by atoms with Crippen LogP contribution in [-0.4, -0.2) is 41.3 Å². The smallest absolute Gasteiger partial charge is 0.340 e. The van der Waals surface area contributed by atoms with E-state index in [1.54, 1.807) is 0 Å². The molecule has 29 heavy (non-hydrogen) atoms. The van der Waals surface area contributed by atoms with E-state index in [4.69, 9.17) is 14.2 Å². The lowest BCUT2D eigenvalue weighted by molar-refractivity contribution is -0.145. The second kappa shape index (κ2) is 8.14. The molecule has 1 aliphatic carbocycles. The Bertz CT molecular complexity index is 983. The molecule has 0 unspecified atom stereocenters. The van der Waals surface area contributed by atoms with Crippen LogP contribution in [0.4, 0.5) is 0 Å². The third-order valence-corrected chi connectivity index (χ3v) is 5.45. The van der Waals surface area contributed by atoms with Crippen LogP contribution >= 0.6 is 0 Å². The number of nitrogens with one attached hydrogen (secondary N) is 1. The fourth-order valence-electron chi connectivity index (χ4n) is 3.86. The average molecular weight is 407 g/mol. The molecule has 1 atom stereocenters. The summed E-state index contributed by atoms with van der Waals surface area (Å²) in [4.78, 5) is 50.5. The summed E-state index contributed by atoms with van der Waals surface area (Å²) in [7, 11) is 5.05. The number of hydrogen-bond acceptors (Lipinski definition) is 8. The fraction of sp³-hybridized carbons (Fsp3) is 0.579. The van der Waals surface area contributed by atoms with Gasteiger partial charge in [-0.05, 0) is 12.8 Å². The maximum atomic E-state index is 12.8. The molecule has 0 saturated heterocycles. The lowest BCUT2D eigenvalue weighted by atomic mass is 9.89. The normalized spacial score (nSPS) is 19.2. The summed E-state index contributed by atoms with van der Waals surface area (Å²) in [6, 6.07) is 0.0295. The number of hydrogen-bond donors (Lipinski definition) is 1. The third kappa shape index (κ3) is 3.54. The first-order valence-corrected chi connectivity index (χ1v) is 9.46. The van der Waals surface area contributed by atoms with Crippen molar-refractivity contribution in [1.29, 1.82) is 0 Å².